The predicted molar refractivity (Wildman–Crippen MR) is 78.5 cm³/mol. The Morgan fingerprint density at radius 3 is 2.72 bits per heavy atom. The summed E-state index contributed by atoms with van der Waals surface area (Å²) in [5.74, 6) is 0.720. The fraction of sp³-hybridized carbons (Fsp3) is 0.286. The van der Waals surface area contributed by atoms with Crippen LogP contribution in [0, 0.1) is 0 Å². The van der Waals surface area contributed by atoms with Gasteiger partial charge in [0, 0.05) is 23.7 Å². The minimum atomic E-state index is 0.332. The highest BCUT2D eigenvalue weighted by molar-refractivity contribution is 7.10. The zero-order valence-corrected chi connectivity index (χ0v) is 11.7. The van der Waals surface area contributed by atoms with Crippen LogP contribution < -0.4 is 15.4 Å². The van der Waals surface area contributed by atoms with Crippen molar-refractivity contribution in [2.24, 2.45) is 0 Å². The summed E-state index contributed by atoms with van der Waals surface area (Å²) in [6.45, 7) is 2.19. The van der Waals surface area contributed by atoms with Gasteiger partial charge in [-0.15, -0.1) is 11.3 Å². The third-order valence-corrected chi connectivity index (χ3v) is 4.20. The number of thiophene rings is 1. The van der Waals surface area contributed by atoms with E-state index in [2.05, 4.69) is 36.4 Å². The number of nitrogen functional groups attached to an aromatic ring is 1. The molecule has 1 atom stereocenters. The van der Waals surface area contributed by atoms with Crippen molar-refractivity contribution in [3.63, 3.8) is 0 Å². The third-order valence-electron chi connectivity index (χ3n) is 3.16. The predicted octanol–water partition coefficient (Wildman–Crippen LogP) is 3.54. The van der Waals surface area contributed by atoms with E-state index in [4.69, 9.17) is 10.5 Å². The maximum Gasteiger partial charge on any atom is 0.143 e. The van der Waals surface area contributed by atoms with E-state index < -0.39 is 0 Å². The lowest BCUT2D eigenvalue weighted by Gasteiger charge is -2.26. The van der Waals surface area contributed by atoms with Crippen molar-refractivity contribution in [2.75, 3.05) is 24.8 Å². The van der Waals surface area contributed by atoms with Crippen molar-refractivity contribution < 1.29 is 4.74 Å². The minimum absolute atomic E-state index is 0.332. The molecule has 18 heavy (non-hydrogen) atoms. The summed E-state index contributed by atoms with van der Waals surface area (Å²) in [5, 5.41) is 2.10. The van der Waals surface area contributed by atoms with E-state index in [9.17, 15) is 0 Å². The molecule has 0 aliphatic rings. The van der Waals surface area contributed by atoms with E-state index in [1.807, 2.05) is 18.2 Å². The largest absolute Gasteiger partial charge is 0.495 e. The first-order valence-electron chi connectivity index (χ1n) is 5.83. The van der Waals surface area contributed by atoms with E-state index in [1.165, 1.54) is 4.88 Å². The van der Waals surface area contributed by atoms with Crippen molar-refractivity contribution in [1.29, 1.82) is 0 Å². The normalized spacial score (nSPS) is 12.2. The Hall–Kier alpha value is -1.68. The van der Waals surface area contributed by atoms with Crippen molar-refractivity contribution >= 4 is 22.7 Å². The summed E-state index contributed by atoms with van der Waals surface area (Å²) in [5.41, 5.74) is 7.59. The van der Waals surface area contributed by atoms with E-state index in [0.29, 0.717) is 11.7 Å². The summed E-state index contributed by atoms with van der Waals surface area (Å²) in [6, 6.07) is 10.4. The number of ether oxygens (including phenoxy) is 1. The molecule has 2 aromatic rings. The first-order valence-corrected chi connectivity index (χ1v) is 6.71. The maximum atomic E-state index is 5.83. The smallest absolute Gasteiger partial charge is 0.143 e. The van der Waals surface area contributed by atoms with Crippen LogP contribution in [0.15, 0.2) is 35.7 Å². The summed E-state index contributed by atoms with van der Waals surface area (Å²) in [6.07, 6.45) is 0. The van der Waals surface area contributed by atoms with Gasteiger partial charge in [-0.1, -0.05) is 6.07 Å². The highest BCUT2D eigenvalue weighted by atomic mass is 32.1. The molecule has 0 spiro atoms. The number of hydrogen-bond acceptors (Lipinski definition) is 4. The molecule has 0 bridgehead atoms. The van der Waals surface area contributed by atoms with Gasteiger partial charge < -0.3 is 15.4 Å². The number of nitrogens with two attached hydrogens (primary N) is 1. The van der Waals surface area contributed by atoms with Crippen LogP contribution in [0.25, 0.3) is 0 Å². The van der Waals surface area contributed by atoms with Crippen molar-refractivity contribution in [2.45, 2.75) is 13.0 Å². The van der Waals surface area contributed by atoms with Gasteiger partial charge in [0.25, 0.3) is 0 Å². The average Bonchev–Trinajstić information content (AvgIpc) is 2.91. The van der Waals surface area contributed by atoms with Gasteiger partial charge in [0.15, 0.2) is 0 Å². The molecular formula is C14H18N2OS. The van der Waals surface area contributed by atoms with Crippen LogP contribution in [-0.4, -0.2) is 14.2 Å². The zero-order chi connectivity index (χ0) is 13.1. The summed E-state index contributed by atoms with van der Waals surface area (Å²) < 4.78 is 5.26. The maximum absolute atomic E-state index is 5.83. The Kier molecular flexibility index (Phi) is 3.77. The highest BCUT2D eigenvalue weighted by Crippen LogP contribution is 2.32. The van der Waals surface area contributed by atoms with Crippen molar-refractivity contribution in [1.82, 2.24) is 0 Å². The van der Waals surface area contributed by atoms with Crippen LogP contribution in [0.4, 0.5) is 11.4 Å². The molecule has 1 aromatic carbocycles. The molecule has 2 rings (SSSR count). The number of rotatable bonds is 4. The first kappa shape index (κ1) is 12.8. The molecule has 0 aliphatic heterocycles. The lowest BCUT2D eigenvalue weighted by Crippen LogP contribution is -2.20. The second kappa shape index (κ2) is 5.31. The Balaban J connectivity index is 2.25. The lowest BCUT2D eigenvalue weighted by atomic mass is 10.2. The molecule has 0 radical (unpaired) electrons. The Labute approximate surface area is 112 Å². The van der Waals surface area contributed by atoms with Gasteiger partial charge in [-0.05, 0) is 30.5 Å². The molecular weight excluding hydrogens is 244 g/mol. The third kappa shape index (κ3) is 2.43. The average molecular weight is 262 g/mol. The van der Waals surface area contributed by atoms with Gasteiger partial charge in [0.05, 0.1) is 18.8 Å². The van der Waals surface area contributed by atoms with E-state index in [0.717, 1.165) is 11.4 Å². The van der Waals surface area contributed by atoms with Gasteiger partial charge in [-0.25, -0.2) is 0 Å². The van der Waals surface area contributed by atoms with Crippen LogP contribution in [0.2, 0.25) is 0 Å². The zero-order valence-electron chi connectivity index (χ0n) is 10.9. The van der Waals surface area contributed by atoms with Gasteiger partial charge in [-0.2, -0.15) is 0 Å². The van der Waals surface area contributed by atoms with Crippen LogP contribution in [-0.2, 0) is 0 Å². The monoisotopic (exact) mass is 262 g/mol. The first-order chi connectivity index (χ1) is 8.63. The summed E-state index contributed by atoms with van der Waals surface area (Å²) >= 11 is 1.77. The minimum Gasteiger partial charge on any atom is -0.495 e. The van der Waals surface area contributed by atoms with Gasteiger partial charge in [0.1, 0.15) is 5.75 Å². The van der Waals surface area contributed by atoms with E-state index in [1.54, 1.807) is 18.4 Å². The Morgan fingerprint density at radius 1 is 1.33 bits per heavy atom. The fourth-order valence-corrected chi connectivity index (χ4v) is 2.69. The molecule has 0 fully saturated rings. The molecule has 1 unspecified atom stereocenters. The molecule has 0 aliphatic carbocycles. The quantitative estimate of drug-likeness (QED) is 0.857. The standard InChI is InChI=1S/C14H18N2OS/c1-10(14-5-4-8-18-14)16(2)11-6-7-12(15)13(9-11)17-3/h4-10H,15H2,1-3H3. The number of methoxy groups -OCH3 is 1. The number of hydrogen-bond donors (Lipinski definition) is 1. The second-order valence-electron chi connectivity index (χ2n) is 4.23. The lowest BCUT2D eigenvalue weighted by molar-refractivity contribution is 0.417. The van der Waals surface area contributed by atoms with E-state index >= 15 is 0 Å². The molecule has 1 aromatic heterocycles. The SMILES string of the molecule is COc1cc(N(C)C(C)c2cccs2)ccc1N. The van der Waals surface area contributed by atoms with Crippen molar-refractivity contribution in [3.8, 4) is 5.75 Å². The molecule has 3 nitrogen and oxygen atoms in total. The number of anilines is 2. The van der Waals surface area contributed by atoms with Crippen LogP contribution in [0.5, 0.6) is 5.75 Å². The van der Waals surface area contributed by atoms with Crippen LogP contribution in [0.1, 0.15) is 17.8 Å². The molecule has 1 heterocycles. The second-order valence-corrected chi connectivity index (χ2v) is 5.21. The van der Waals surface area contributed by atoms with Gasteiger partial charge in [0.2, 0.25) is 0 Å². The highest BCUT2D eigenvalue weighted by Gasteiger charge is 2.14. The Bertz CT molecular complexity index is 511. The molecule has 96 valence electrons. The summed E-state index contributed by atoms with van der Waals surface area (Å²) in [7, 11) is 3.72. The molecule has 0 saturated heterocycles. The summed E-state index contributed by atoms with van der Waals surface area (Å²) in [4.78, 5) is 3.56. The van der Waals surface area contributed by atoms with Crippen LogP contribution >= 0.6 is 11.3 Å². The van der Waals surface area contributed by atoms with Crippen molar-refractivity contribution in [3.05, 3.63) is 40.6 Å². The van der Waals surface area contributed by atoms with E-state index in [-0.39, 0.29) is 0 Å². The molecule has 4 heteroatoms. The van der Waals surface area contributed by atoms with Crippen LogP contribution in [0.3, 0.4) is 0 Å². The van der Waals surface area contributed by atoms with Gasteiger partial charge in [-0.3, -0.25) is 0 Å². The molecule has 2 N–H and O–H groups in total. The Morgan fingerprint density at radius 2 is 2.11 bits per heavy atom. The molecule has 0 saturated carbocycles. The van der Waals surface area contributed by atoms with Gasteiger partial charge >= 0.3 is 0 Å². The topological polar surface area (TPSA) is 38.5 Å². The fourth-order valence-electron chi connectivity index (χ4n) is 1.86. The number of nitrogens with zero attached hydrogens (tertiary/aromatic N) is 1. The molecule has 0 amide bonds. The number of benzene rings is 1.